The predicted octanol–water partition coefficient (Wildman–Crippen LogP) is 3.21. The molecular formula is C19H27F3N4O. The van der Waals surface area contributed by atoms with E-state index in [1.165, 1.54) is 12.5 Å². The van der Waals surface area contributed by atoms with E-state index in [2.05, 4.69) is 20.9 Å². The molecule has 2 rings (SSSR count). The molecule has 0 heterocycles. The summed E-state index contributed by atoms with van der Waals surface area (Å²) in [6.07, 6.45) is 1.14. The number of nitrogens with zero attached hydrogens (tertiary/aromatic N) is 1. The van der Waals surface area contributed by atoms with E-state index < -0.39 is 11.7 Å². The molecule has 8 heteroatoms. The van der Waals surface area contributed by atoms with Crippen LogP contribution in [0.4, 0.5) is 13.2 Å². The quantitative estimate of drug-likeness (QED) is 0.521. The molecule has 1 aliphatic carbocycles. The molecular weight excluding hydrogens is 357 g/mol. The van der Waals surface area contributed by atoms with Gasteiger partial charge in [-0.3, -0.25) is 4.79 Å². The van der Waals surface area contributed by atoms with E-state index in [4.69, 9.17) is 0 Å². The Morgan fingerprint density at radius 1 is 1.19 bits per heavy atom. The SMILES string of the molecule is CCNC(=NCc1cccc(C(F)(F)F)c1)NCC(=O)NC1CCCCC1. The van der Waals surface area contributed by atoms with Gasteiger partial charge in [0.15, 0.2) is 5.96 Å². The number of aliphatic imine (C=N–C) groups is 1. The molecule has 0 spiro atoms. The first-order valence-corrected chi connectivity index (χ1v) is 9.36. The highest BCUT2D eigenvalue weighted by Crippen LogP contribution is 2.29. The van der Waals surface area contributed by atoms with Gasteiger partial charge in [0.05, 0.1) is 18.7 Å². The number of hydrogen-bond donors (Lipinski definition) is 3. The minimum Gasteiger partial charge on any atom is -0.357 e. The molecule has 3 N–H and O–H groups in total. The molecule has 1 aromatic rings. The van der Waals surface area contributed by atoms with Gasteiger partial charge in [-0.1, -0.05) is 31.4 Å². The van der Waals surface area contributed by atoms with Crippen LogP contribution in [0, 0.1) is 0 Å². The van der Waals surface area contributed by atoms with Crippen molar-refractivity contribution in [3.8, 4) is 0 Å². The lowest BCUT2D eigenvalue weighted by atomic mass is 9.95. The minimum atomic E-state index is -4.38. The third kappa shape index (κ3) is 7.48. The summed E-state index contributed by atoms with van der Waals surface area (Å²) < 4.78 is 38.4. The van der Waals surface area contributed by atoms with Crippen LogP contribution in [0.3, 0.4) is 0 Å². The smallest absolute Gasteiger partial charge is 0.357 e. The zero-order valence-corrected chi connectivity index (χ0v) is 15.5. The summed E-state index contributed by atoms with van der Waals surface area (Å²) in [5, 5.41) is 8.93. The Hall–Kier alpha value is -2.25. The summed E-state index contributed by atoms with van der Waals surface area (Å²) >= 11 is 0. The van der Waals surface area contributed by atoms with Crippen LogP contribution < -0.4 is 16.0 Å². The summed E-state index contributed by atoms with van der Waals surface area (Å²) in [6, 6.07) is 5.32. The van der Waals surface area contributed by atoms with Crippen LogP contribution in [-0.2, 0) is 17.5 Å². The summed E-state index contributed by atoms with van der Waals surface area (Å²) in [5.41, 5.74) is -0.242. The molecule has 0 aromatic heterocycles. The Morgan fingerprint density at radius 3 is 2.59 bits per heavy atom. The second kappa shape index (κ2) is 10.2. The number of nitrogens with one attached hydrogen (secondary N) is 3. The Kier molecular flexibility index (Phi) is 7.94. The van der Waals surface area contributed by atoms with Crippen molar-refractivity contribution in [1.82, 2.24) is 16.0 Å². The zero-order chi connectivity index (χ0) is 19.7. The molecule has 5 nitrogen and oxygen atoms in total. The highest BCUT2D eigenvalue weighted by atomic mass is 19.4. The fourth-order valence-electron chi connectivity index (χ4n) is 3.05. The van der Waals surface area contributed by atoms with E-state index in [9.17, 15) is 18.0 Å². The van der Waals surface area contributed by atoms with E-state index in [1.807, 2.05) is 6.92 Å². The van der Waals surface area contributed by atoms with Crippen LogP contribution in [-0.4, -0.2) is 31.0 Å². The Labute approximate surface area is 157 Å². The van der Waals surface area contributed by atoms with Gasteiger partial charge in [0.2, 0.25) is 5.91 Å². The molecule has 0 atom stereocenters. The number of carbonyl (C=O) groups is 1. The maximum atomic E-state index is 12.8. The average molecular weight is 384 g/mol. The van der Waals surface area contributed by atoms with E-state index in [0.29, 0.717) is 18.1 Å². The summed E-state index contributed by atoms with van der Waals surface area (Å²) in [6.45, 7) is 2.62. The second-order valence-corrected chi connectivity index (χ2v) is 6.65. The topological polar surface area (TPSA) is 65.5 Å². The fourth-order valence-corrected chi connectivity index (χ4v) is 3.05. The van der Waals surface area contributed by atoms with Gasteiger partial charge < -0.3 is 16.0 Å². The summed E-state index contributed by atoms with van der Waals surface area (Å²) in [7, 11) is 0. The second-order valence-electron chi connectivity index (χ2n) is 6.65. The molecule has 0 bridgehead atoms. The average Bonchev–Trinajstić information content (AvgIpc) is 2.64. The number of alkyl halides is 3. The first-order chi connectivity index (χ1) is 12.9. The van der Waals surface area contributed by atoms with E-state index in [0.717, 1.165) is 37.8 Å². The van der Waals surface area contributed by atoms with Gasteiger partial charge in [0, 0.05) is 12.6 Å². The van der Waals surface area contributed by atoms with Gasteiger partial charge in [-0.25, -0.2) is 4.99 Å². The molecule has 27 heavy (non-hydrogen) atoms. The maximum absolute atomic E-state index is 12.8. The van der Waals surface area contributed by atoms with Crippen molar-refractivity contribution >= 4 is 11.9 Å². The first kappa shape index (κ1) is 21.1. The van der Waals surface area contributed by atoms with Gasteiger partial charge in [-0.15, -0.1) is 0 Å². The van der Waals surface area contributed by atoms with Crippen molar-refractivity contribution < 1.29 is 18.0 Å². The van der Waals surface area contributed by atoms with E-state index >= 15 is 0 Å². The lowest BCUT2D eigenvalue weighted by Crippen LogP contribution is -2.46. The van der Waals surface area contributed by atoms with Crippen molar-refractivity contribution in [2.24, 2.45) is 4.99 Å². The number of rotatable bonds is 6. The number of benzene rings is 1. The third-order valence-corrected chi connectivity index (χ3v) is 4.40. The molecule has 150 valence electrons. The van der Waals surface area contributed by atoms with Crippen LogP contribution in [0.15, 0.2) is 29.3 Å². The standard InChI is InChI=1S/C19H27F3N4O/c1-2-23-18(25-13-17(27)26-16-9-4-3-5-10-16)24-12-14-7-6-8-15(11-14)19(20,21)22/h6-8,11,16H,2-5,9-10,12-13H2,1H3,(H,26,27)(H2,23,24,25). The zero-order valence-electron chi connectivity index (χ0n) is 15.5. The number of halogens is 3. The van der Waals surface area contributed by atoms with Crippen LogP contribution in [0.25, 0.3) is 0 Å². The fraction of sp³-hybridized carbons (Fsp3) is 0.579. The molecule has 0 radical (unpaired) electrons. The highest BCUT2D eigenvalue weighted by molar-refractivity contribution is 5.86. The van der Waals surface area contributed by atoms with Crippen molar-refractivity contribution in [1.29, 1.82) is 0 Å². The Balaban J connectivity index is 1.89. The van der Waals surface area contributed by atoms with Crippen LogP contribution in [0.5, 0.6) is 0 Å². The Bertz CT molecular complexity index is 640. The first-order valence-electron chi connectivity index (χ1n) is 9.36. The van der Waals surface area contributed by atoms with Crippen molar-refractivity contribution in [3.63, 3.8) is 0 Å². The molecule has 0 unspecified atom stereocenters. The molecule has 1 aliphatic rings. The Morgan fingerprint density at radius 2 is 1.93 bits per heavy atom. The maximum Gasteiger partial charge on any atom is 0.416 e. The normalized spacial score (nSPS) is 16.1. The van der Waals surface area contributed by atoms with Gasteiger partial charge in [-0.05, 0) is 37.5 Å². The number of amides is 1. The number of hydrogen-bond acceptors (Lipinski definition) is 2. The molecule has 0 aliphatic heterocycles. The van der Waals surface area contributed by atoms with E-state index in [1.54, 1.807) is 6.07 Å². The van der Waals surface area contributed by atoms with Crippen molar-refractivity contribution in [3.05, 3.63) is 35.4 Å². The lowest BCUT2D eigenvalue weighted by molar-refractivity contribution is -0.137. The molecule has 1 aromatic carbocycles. The van der Waals surface area contributed by atoms with Crippen LogP contribution in [0.1, 0.15) is 50.2 Å². The third-order valence-electron chi connectivity index (χ3n) is 4.40. The van der Waals surface area contributed by atoms with Crippen molar-refractivity contribution in [2.75, 3.05) is 13.1 Å². The van der Waals surface area contributed by atoms with Gasteiger partial charge in [0.1, 0.15) is 0 Å². The van der Waals surface area contributed by atoms with Gasteiger partial charge >= 0.3 is 6.18 Å². The monoisotopic (exact) mass is 384 g/mol. The molecule has 1 fully saturated rings. The largest absolute Gasteiger partial charge is 0.416 e. The predicted molar refractivity (Wildman–Crippen MR) is 99.3 cm³/mol. The molecule has 1 amide bonds. The van der Waals surface area contributed by atoms with Crippen LogP contribution in [0.2, 0.25) is 0 Å². The molecule has 0 saturated heterocycles. The lowest BCUT2D eigenvalue weighted by Gasteiger charge is -2.23. The molecule has 1 saturated carbocycles. The number of guanidine groups is 1. The van der Waals surface area contributed by atoms with Gasteiger partial charge in [0.25, 0.3) is 0 Å². The number of carbonyl (C=O) groups excluding carboxylic acids is 1. The van der Waals surface area contributed by atoms with Crippen LogP contribution >= 0.6 is 0 Å². The summed E-state index contributed by atoms with van der Waals surface area (Å²) in [5.74, 6) is 0.292. The summed E-state index contributed by atoms with van der Waals surface area (Å²) in [4.78, 5) is 16.3. The van der Waals surface area contributed by atoms with E-state index in [-0.39, 0.29) is 25.0 Å². The minimum absolute atomic E-state index is 0.0743. The van der Waals surface area contributed by atoms with Gasteiger partial charge in [-0.2, -0.15) is 13.2 Å². The highest BCUT2D eigenvalue weighted by Gasteiger charge is 2.30. The van der Waals surface area contributed by atoms with Crippen molar-refractivity contribution in [2.45, 2.75) is 57.8 Å².